The van der Waals surface area contributed by atoms with Crippen molar-refractivity contribution >= 4 is 11.6 Å². The third-order valence-electron chi connectivity index (χ3n) is 4.22. The zero-order valence-electron chi connectivity index (χ0n) is 13.5. The maximum atomic E-state index is 13.3. The number of nitro benzene ring substituents is 1. The first kappa shape index (κ1) is 17.2. The van der Waals surface area contributed by atoms with Gasteiger partial charge in [0.15, 0.2) is 6.10 Å². The van der Waals surface area contributed by atoms with Crippen LogP contribution in [0.5, 0.6) is 5.75 Å². The van der Waals surface area contributed by atoms with Gasteiger partial charge in [-0.05, 0) is 46.1 Å². The van der Waals surface area contributed by atoms with Gasteiger partial charge in [-0.1, -0.05) is 0 Å². The number of nitrogens with zero attached hydrogens (tertiary/aromatic N) is 2. The van der Waals surface area contributed by atoms with Gasteiger partial charge in [0.05, 0.1) is 4.92 Å². The van der Waals surface area contributed by atoms with Gasteiger partial charge in [-0.15, -0.1) is 0 Å². The second kappa shape index (κ2) is 6.93. The van der Waals surface area contributed by atoms with Crippen molar-refractivity contribution < 1.29 is 18.8 Å². The number of carbonyl (C=O) groups excluding carboxylic acids is 1. The van der Waals surface area contributed by atoms with Crippen LogP contribution in [0.4, 0.5) is 10.1 Å². The monoisotopic (exact) mass is 324 g/mol. The van der Waals surface area contributed by atoms with Gasteiger partial charge >= 0.3 is 5.69 Å². The first-order valence-corrected chi connectivity index (χ1v) is 7.74. The van der Waals surface area contributed by atoms with E-state index in [1.54, 1.807) is 4.90 Å². The van der Waals surface area contributed by atoms with E-state index < -0.39 is 16.8 Å². The van der Waals surface area contributed by atoms with E-state index in [-0.39, 0.29) is 29.4 Å². The lowest BCUT2D eigenvalue weighted by Crippen LogP contribution is -2.51. The van der Waals surface area contributed by atoms with Gasteiger partial charge in [0.1, 0.15) is 5.82 Å². The highest BCUT2D eigenvalue weighted by molar-refractivity contribution is 5.81. The lowest BCUT2D eigenvalue weighted by molar-refractivity contribution is -0.386. The maximum absolute atomic E-state index is 13.3. The Hall–Kier alpha value is -2.18. The molecule has 6 nitrogen and oxygen atoms in total. The Balaban J connectivity index is 2.18. The average molecular weight is 324 g/mol. The SMILES string of the molecule is C[C@@H]1CCC[C@H](C)N1C(=O)[C@@H](C)Oc1cc(F)ccc1[N+](=O)[O-]. The zero-order valence-corrected chi connectivity index (χ0v) is 13.5. The van der Waals surface area contributed by atoms with E-state index in [0.29, 0.717) is 0 Å². The number of piperidine rings is 1. The summed E-state index contributed by atoms with van der Waals surface area (Å²) >= 11 is 0. The third kappa shape index (κ3) is 3.78. The summed E-state index contributed by atoms with van der Waals surface area (Å²) in [7, 11) is 0. The lowest BCUT2D eigenvalue weighted by Gasteiger charge is -2.40. The fourth-order valence-corrected chi connectivity index (χ4v) is 3.04. The fraction of sp³-hybridized carbons (Fsp3) is 0.562. The van der Waals surface area contributed by atoms with E-state index in [4.69, 9.17) is 4.74 Å². The molecule has 0 N–H and O–H groups in total. The number of rotatable bonds is 4. The number of halogens is 1. The van der Waals surface area contributed by atoms with Crippen LogP contribution in [0.15, 0.2) is 18.2 Å². The highest BCUT2D eigenvalue weighted by atomic mass is 19.1. The molecule has 0 aliphatic carbocycles. The number of hydrogen-bond acceptors (Lipinski definition) is 4. The summed E-state index contributed by atoms with van der Waals surface area (Å²) in [5.41, 5.74) is -0.356. The van der Waals surface area contributed by atoms with E-state index >= 15 is 0 Å². The number of ether oxygens (including phenoxy) is 1. The second-order valence-electron chi connectivity index (χ2n) is 6.00. The third-order valence-corrected chi connectivity index (χ3v) is 4.22. The topological polar surface area (TPSA) is 72.7 Å². The molecule has 3 atom stereocenters. The van der Waals surface area contributed by atoms with Crippen LogP contribution in [0.3, 0.4) is 0 Å². The van der Waals surface area contributed by atoms with Crippen molar-refractivity contribution in [1.82, 2.24) is 4.90 Å². The normalized spacial score (nSPS) is 22.5. The molecule has 23 heavy (non-hydrogen) atoms. The van der Waals surface area contributed by atoms with Crippen LogP contribution < -0.4 is 4.74 Å². The highest BCUT2D eigenvalue weighted by Crippen LogP contribution is 2.30. The van der Waals surface area contributed by atoms with Crippen molar-refractivity contribution in [2.75, 3.05) is 0 Å². The Morgan fingerprint density at radius 2 is 2.00 bits per heavy atom. The number of likely N-dealkylation sites (tertiary alicyclic amines) is 1. The molecule has 126 valence electrons. The molecule has 0 aromatic heterocycles. The summed E-state index contributed by atoms with van der Waals surface area (Å²) in [6.45, 7) is 5.49. The van der Waals surface area contributed by atoms with Gasteiger partial charge in [-0.25, -0.2) is 4.39 Å². The van der Waals surface area contributed by atoms with E-state index in [9.17, 15) is 19.3 Å². The Kier molecular flexibility index (Phi) is 5.18. The fourth-order valence-electron chi connectivity index (χ4n) is 3.04. The van der Waals surface area contributed by atoms with E-state index in [0.717, 1.165) is 37.5 Å². The Bertz CT molecular complexity index is 598. The van der Waals surface area contributed by atoms with Crippen LogP contribution >= 0.6 is 0 Å². The molecule has 1 aliphatic heterocycles. The van der Waals surface area contributed by atoms with Crippen molar-refractivity contribution in [3.63, 3.8) is 0 Å². The first-order valence-electron chi connectivity index (χ1n) is 7.74. The van der Waals surface area contributed by atoms with Crippen LogP contribution in [0.1, 0.15) is 40.0 Å². The average Bonchev–Trinajstić information content (AvgIpc) is 2.46. The van der Waals surface area contributed by atoms with E-state index in [1.807, 2.05) is 13.8 Å². The van der Waals surface area contributed by atoms with Gasteiger partial charge in [0, 0.05) is 24.2 Å². The highest BCUT2D eigenvalue weighted by Gasteiger charge is 2.33. The Morgan fingerprint density at radius 1 is 1.39 bits per heavy atom. The zero-order chi connectivity index (χ0) is 17.1. The number of amides is 1. The molecule has 0 saturated carbocycles. The molecule has 2 rings (SSSR count). The first-order chi connectivity index (χ1) is 10.8. The van der Waals surface area contributed by atoms with Crippen LogP contribution in [0.25, 0.3) is 0 Å². The number of nitro groups is 1. The molecule has 1 fully saturated rings. The summed E-state index contributed by atoms with van der Waals surface area (Å²) in [6.07, 6.45) is 1.99. The standard InChI is InChI=1S/C16H21FN2O4/c1-10-5-4-6-11(2)18(10)16(20)12(3)23-15-9-13(17)7-8-14(15)19(21)22/h7-12H,4-6H2,1-3H3/t10-,11+,12-/m1/s1. The minimum atomic E-state index is -0.918. The van der Waals surface area contributed by atoms with Crippen molar-refractivity contribution in [1.29, 1.82) is 0 Å². The molecule has 0 radical (unpaired) electrons. The van der Waals surface area contributed by atoms with Crippen LogP contribution in [-0.2, 0) is 4.79 Å². The minimum absolute atomic E-state index is 0.0970. The lowest BCUT2D eigenvalue weighted by atomic mass is 9.97. The molecule has 0 unspecified atom stereocenters. The molecule has 1 saturated heterocycles. The molecule has 0 bridgehead atoms. The molecule has 1 amide bonds. The van der Waals surface area contributed by atoms with Gasteiger partial charge in [-0.2, -0.15) is 0 Å². The molecule has 0 spiro atoms. The molecule has 1 aliphatic rings. The summed E-state index contributed by atoms with van der Waals surface area (Å²) < 4.78 is 18.8. The second-order valence-corrected chi connectivity index (χ2v) is 6.00. The smallest absolute Gasteiger partial charge is 0.311 e. The summed E-state index contributed by atoms with van der Waals surface area (Å²) in [5.74, 6) is -1.11. The van der Waals surface area contributed by atoms with E-state index in [2.05, 4.69) is 0 Å². The van der Waals surface area contributed by atoms with Gasteiger partial charge in [0.2, 0.25) is 5.75 Å². The van der Waals surface area contributed by atoms with Crippen molar-refractivity contribution in [2.24, 2.45) is 0 Å². The van der Waals surface area contributed by atoms with Crippen molar-refractivity contribution in [3.8, 4) is 5.75 Å². The molecule has 7 heteroatoms. The van der Waals surface area contributed by atoms with Crippen molar-refractivity contribution in [2.45, 2.75) is 58.2 Å². The van der Waals surface area contributed by atoms with E-state index in [1.165, 1.54) is 6.92 Å². The van der Waals surface area contributed by atoms with Crippen molar-refractivity contribution in [3.05, 3.63) is 34.1 Å². The molecule has 1 aromatic rings. The van der Waals surface area contributed by atoms with Gasteiger partial charge < -0.3 is 9.64 Å². The van der Waals surface area contributed by atoms with Crippen LogP contribution in [0, 0.1) is 15.9 Å². The predicted octanol–water partition coefficient (Wildman–Crippen LogP) is 3.29. The molecular weight excluding hydrogens is 303 g/mol. The molecular formula is C16H21FN2O4. The number of benzene rings is 1. The largest absolute Gasteiger partial charge is 0.474 e. The molecule has 1 heterocycles. The number of hydrogen-bond donors (Lipinski definition) is 0. The quantitative estimate of drug-likeness (QED) is 0.629. The molecule has 1 aromatic carbocycles. The Labute approximate surface area is 134 Å². The van der Waals surface area contributed by atoms with Crippen LogP contribution in [-0.4, -0.2) is 33.9 Å². The number of carbonyl (C=O) groups is 1. The maximum Gasteiger partial charge on any atom is 0.311 e. The van der Waals surface area contributed by atoms with Gasteiger partial charge in [0.25, 0.3) is 5.91 Å². The predicted molar refractivity (Wildman–Crippen MR) is 82.8 cm³/mol. The van der Waals surface area contributed by atoms with Crippen LogP contribution in [0.2, 0.25) is 0 Å². The summed E-state index contributed by atoms with van der Waals surface area (Å²) in [4.78, 5) is 24.7. The summed E-state index contributed by atoms with van der Waals surface area (Å²) in [6, 6.07) is 3.16. The summed E-state index contributed by atoms with van der Waals surface area (Å²) in [5, 5.41) is 11.0. The van der Waals surface area contributed by atoms with Gasteiger partial charge in [-0.3, -0.25) is 14.9 Å². The Morgan fingerprint density at radius 3 is 2.57 bits per heavy atom. The minimum Gasteiger partial charge on any atom is -0.474 e.